The van der Waals surface area contributed by atoms with E-state index in [1.165, 1.54) is 18.7 Å². The number of aromatic nitrogens is 1. The number of hydrogen-bond donors (Lipinski definition) is 0. The lowest BCUT2D eigenvalue weighted by atomic mass is 10.1. The maximum absolute atomic E-state index is 13.7. The maximum atomic E-state index is 13.7. The highest BCUT2D eigenvalue weighted by Gasteiger charge is 2.37. The monoisotopic (exact) mass is 238 g/mol. The topological polar surface area (TPSA) is 42.4 Å². The Morgan fingerprint density at radius 2 is 2.35 bits per heavy atom. The van der Waals surface area contributed by atoms with Crippen molar-refractivity contribution in [1.82, 2.24) is 4.98 Å². The van der Waals surface area contributed by atoms with Crippen LogP contribution in [0, 0.1) is 0 Å². The second-order valence-corrected chi connectivity index (χ2v) is 4.64. The van der Waals surface area contributed by atoms with Gasteiger partial charge >= 0.3 is 0 Å². The number of fused-ring (bicyclic) bond motifs is 1. The quantitative estimate of drug-likeness (QED) is 0.751. The predicted molar refractivity (Wildman–Crippen MR) is 61.9 cm³/mol. The molecule has 2 rings (SSSR count). The van der Waals surface area contributed by atoms with Crippen LogP contribution in [0.2, 0.25) is 0 Å². The van der Waals surface area contributed by atoms with Crippen LogP contribution >= 0.6 is 0 Å². The molecule has 2 heterocycles. The van der Waals surface area contributed by atoms with Crippen LogP contribution in [0.4, 0.5) is 10.1 Å². The molecule has 92 valence electrons. The summed E-state index contributed by atoms with van der Waals surface area (Å²) in [4.78, 5) is 17.4. The van der Waals surface area contributed by atoms with E-state index in [9.17, 15) is 9.18 Å². The Kier molecular flexibility index (Phi) is 2.77. The minimum Gasteiger partial charge on any atom is -0.471 e. The first-order chi connectivity index (χ1) is 7.89. The molecular formula is C12H15FN2O2. The number of alkyl halides is 1. The van der Waals surface area contributed by atoms with E-state index in [4.69, 9.17) is 4.74 Å². The Hall–Kier alpha value is -1.65. The average Bonchev–Trinajstić information content (AvgIpc) is 2.25. The number of nitrogens with zero attached hydrogens (tertiary/aromatic N) is 2. The third-order valence-electron chi connectivity index (χ3n) is 2.55. The molecule has 1 amide bonds. The summed E-state index contributed by atoms with van der Waals surface area (Å²) in [7, 11) is 0. The number of anilines is 1. The third-order valence-corrected chi connectivity index (χ3v) is 2.55. The zero-order valence-electron chi connectivity index (χ0n) is 10.1. The van der Waals surface area contributed by atoms with E-state index in [0.29, 0.717) is 18.1 Å². The SMILES string of the molecule is CC1CN(C(=O)C(C)(C)F)c2cccnc2O1. The fourth-order valence-corrected chi connectivity index (χ4v) is 1.78. The molecule has 1 aliphatic rings. The van der Waals surface area contributed by atoms with E-state index >= 15 is 0 Å². The highest BCUT2D eigenvalue weighted by molar-refractivity contribution is 6.00. The second kappa shape index (κ2) is 3.98. The first-order valence-corrected chi connectivity index (χ1v) is 5.52. The zero-order chi connectivity index (χ0) is 12.6. The van der Waals surface area contributed by atoms with E-state index < -0.39 is 11.6 Å². The highest BCUT2D eigenvalue weighted by Crippen LogP contribution is 2.32. The minimum atomic E-state index is -1.90. The van der Waals surface area contributed by atoms with Crippen LogP contribution in [0.5, 0.6) is 5.88 Å². The highest BCUT2D eigenvalue weighted by atomic mass is 19.1. The average molecular weight is 238 g/mol. The van der Waals surface area contributed by atoms with E-state index in [1.807, 2.05) is 6.92 Å². The van der Waals surface area contributed by atoms with E-state index in [2.05, 4.69) is 4.98 Å². The number of ether oxygens (including phenoxy) is 1. The van der Waals surface area contributed by atoms with Gasteiger partial charge in [0.05, 0.1) is 6.54 Å². The van der Waals surface area contributed by atoms with E-state index in [0.717, 1.165) is 0 Å². The van der Waals surface area contributed by atoms with Gasteiger partial charge in [-0.25, -0.2) is 9.37 Å². The number of carbonyl (C=O) groups is 1. The smallest absolute Gasteiger partial charge is 0.264 e. The zero-order valence-corrected chi connectivity index (χ0v) is 10.1. The molecule has 0 bridgehead atoms. The molecule has 5 heteroatoms. The molecule has 4 nitrogen and oxygen atoms in total. The Morgan fingerprint density at radius 3 is 3.00 bits per heavy atom. The standard InChI is InChI=1S/C12H15FN2O2/c1-8-7-15(11(16)12(2,3)13)9-5-4-6-14-10(9)17-8/h4-6,8H,7H2,1-3H3. The lowest BCUT2D eigenvalue weighted by molar-refractivity contribution is -0.128. The van der Waals surface area contributed by atoms with Crippen LogP contribution in [0.3, 0.4) is 0 Å². The van der Waals surface area contributed by atoms with Crippen molar-refractivity contribution in [1.29, 1.82) is 0 Å². The molecule has 0 saturated carbocycles. The maximum Gasteiger partial charge on any atom is 0.264 e. The van der Waals surface area contributed by atoms with Gasteiger partial charge in [0.25, 0.3) is 5.91 Å². The van der Waals surface area contributed by atoms with Gasteiger partial charge in [0.15, 0.2) is 5.67 Å². The number of halogens is 1. The second-order valence-electron chi connectivity index (χ2n) is 4.64. The molecule has 0 aromatic carbocycles. The molecule has 0 spiro atoms. The predicted octanol–water partition coefficient (Wildman–Crippen LogP) is 1.94. The van der Waals surface area contributed by atoms with Gasteiger partial charge in [0, 0.05) is 6.20 Å². The van der Waals surface area contributed by atoms with Gasteiger partial charge in [-0.3, -0.25) is 4.79 Å². The number of hydrogen-bond acceptors (Lipinski definition) is 3. The summed E-state index contributed by atoms with van der Waals surface area (Å²) in [5, 5.41) is 0. The Bertz CT molecular complexity index is 442. The van der Waals surface area contributed by atoms with Crippen LogP contribution in [0.15, 0.2) is 18.3 Å². The molecule has 0 radical (unpaired) electrons. The Morgan fingerprint density at radius 1 is 1.65 bits per heavy atom. The molecule has 1 unspecified atom stereocenters. The fraction of sp³-hybridized carbons (Fsp3) is 0.500. The van der Waals surface area contributed by atoms with E-state index in [1.54, 1.807) is 18.3 Å². The summed E-state index contributed by atoms with van der Waals surface area (Å²) in [5.41, 5.74) is -1.37. The van der Waals surface area contributed by atoms with Gasteiger partial charge in [-0.2, -0.15) is 0 Å². The number of amides is 1. The molecule has 1 aromatic rings. The molecule has 0 N–H and O–H groups in total. The number of pyridine rings is 1. The van der Waals surface area contributed by atoms with Gasteiger partial charge in [-0.1, -0.05) is 0 Å². The lowest BCUT2D eigenvalue weighted by Crippen LogP contribution is -2.49. The Labute approximate surface area is 99.4 Å². The van der Waals surface area contributed by atoms with Crippen molar-refractivity contribution in [2.45, 2.75) is 32.5 Å². The third kappa shape index (κ3) is 2.23. The van der Waals surface area contributed by atoms with Crippen LogP contribution in [0.1, 0.15) is 20.8 Å². The largest absolute Gasteiger partial charge is 0.471 e. The Balaban J connectivity index is 2.40. The van der Waals surface area contributed by atoms with Crippen LogP contribution in [-0.2, 0) is 4.79 Å². The normalized spacial score (nSPS) is 19.5. The molecule has 1 aromatic heterocycles. The van der Waals surface area contributed by atoms with Crippen molar-refractivity contribution in [3.8, 4) is 5.88 Å². The fourth-order valence-electron chi connectivity index (χ4n) is 1.78. The molecule has 1 atom stereocenters. The summed E-state index contributed by atoms with van der Waals surface area (Å²) in [5.74, 6) is -0.189. The van der Waals surface area contributed by atoms with Crippen molar-refractivity contribution in [2.24, 2.45) is 0 Å². The molecule has 1 aliphatic heterocycles. The van der Waals surface area contributed by atoms with Crippen molar-refractivity contribution in [3.63, 3.8) is 0 Å². The molecule has 0 fully saturated rings. The van der Waals surface area contributed by atoms with Crippen molar-refractivity contribution in [3.05, 3.63) is 18.3 Å². The summed E-state index contributed by atoms with van der Waals surface area (Å²) >= 11 is 0. The van der Waals surface area contributed by atoms with Gasteiger partial charge in [-0.15, -0.1) is 0 Å². The summed E-state index contributed by atoms with van der Waals surface area (Å²) in [6.07, 6.45) is 1.39. The number of carbonyl (C=O) groups excluding carboxylic acids is 1. The summed E-state index contributed by atoms with van der Waals surface area (Å²) in [6.45, 7) is 4.67. The minimum absolute atomic E-state index is 0.191. The van der Waals surface area contributed by atoms with Crippen LogP contribution < -0.4 is 9.64 Å². The van der Waals surface area contributed by atoms with Gasteiger partial charge in [0.1, 0.15) is 11.8 Å². The summed E-state index contributed by atoms with van der Waals surface area (Å²) < 4.78 is 19.2. The van der Waals surface area contributed by atoms with Crippen molar-refractivity contribution >= 4 is 11.6 Å². The molecular weight excluding hydrogens is 223 g/mol. The molecule has 0 aliphatic carbocycles. The van der Waals surface area contributed by atoms with Crippen LogP contribution in [-0.4, -0.2) is 29.2 Å². The van der Waals surface area contributed by atoms with Gasteiger partial charge < -0.3 is 9.64 Å². The first-order valence-electron chi connectivity index (χ1n) is 5.52. The van der Waals surface area contributed by atoms with Gasteiger partial charge in [-0.05, 0) is 32.9 Å². The van der Waals surface area contributed by atoms with E-state index in [-0.39, 0.29) is 6.10 Å². The summed E-state index contributed by atoms with van der Waals surface area (Å²) in [6, 6.07) is 3.40. The number of rotatable bonds is 1. The van der Waals surface area contributed by atoms with Crippen molar-refractivity contribution < 1.29 is 13.9 Å². The lowest BCUT2D eigenvalue weighted by Gasteiger charge is -2.34. The molecule has 0 saturated heterocycles. The van der Waals surface area contributed by atoms with Crippen molar-refractivity contribution in [2.75, 3.05) is 11.4 Å². The van der Waals surface area contributed by atoms with Gasteiger partial charge in [0.2, 0.25) is 5.88 Å². The first kappa shape index (κ1) is 11.8. The molecule has 17 heavy (non-hydrogen) atoms. The van der Waals surface area contributed by atoms with Crippen LogP contribution in [0.25, 0.3) is 0 Å².